The molecule has 0 aromatic heterocycles. The summed E-state index contributed by atoms with van der Waals surface area (Å²) >= 11 is 0. The van der Waals surface area contributed by atoms with Crippen LogP contribution in [0.5, 0.6) is 0 Å². The fourth-order valence-corrected chi connectivity index (χ4v) is 4.85. The number of aryl methyl sites for hydroxylation is 4. The van der Waals surface area contributed by atoms with E-state index in [9.17, 15) is 0 Å². The van der Waals surface area contributed by atoms with Crippen LogP contribution in [0.15, 0.2) is 64.7 Å². The van der Waals surface area contributed by atoms with Gasteiger partial charge in [0, 0.05) is 25.4 Å². The summed E-state index contributed by atoms with van der Waals surface area (Å²) in [5, 5.41) is 2.75. The molecule has 38 heavy (non-hydrogen) atoms. The normalized spacial score (nSPS) is 15.9. The first-order valence-electron chi connectivity index (χ1n) is 14.5. The third kappa shape index (κ3) is 14.3. The Labute approximate surface area is 235 Å². The monoisotopic (exact) mass is 522 g/mol. The highest BCUT2D eigenvalue weighted by Gasteiger charge is 2.22. The predicted molar refractivity (Wildman–Crippen MR) is 174 cm³/mol. The van der Waals surface area contributed by atoms with Crippen LogP contribution in [0, 0.1) is 12.8 Å². The lowest BCUT2D eigenvalue weighted by atomic mass is 9.89. The van der Waals surface area contributed by atoms with Crippen molar-refractivity contribution < 1.29 is 0 Å². The second-order valence-electron chi connectivity index (χ2n) is 9.03. The van der Waals surface area contributed by atoms with E-state index in [0.29, 0.717) is 5.92 Å². The van der Waals surface area contributed by atoms with Gasteiger partial charge in [0.25, 0.3) is 0 Å². The van der Waals surface area contributed by atoms with Gasteiger partial charge in [-0.05, 0) is 94.5 Å². The Hall–Kier alpha value is -2.72. The molecule has 4 N–H and O–H groups in total. The molecule has 2 aliphatic carbocycles. The van der Waals surface area contributed by atoms with Gasteiger partial charge in [0.05, 0.1) is 0 Å². The van der Waals surface area contributed by atoms with Crippen LogP contribution in [-0.4, -0.2) is 26.5 Å². The van der Waals surface area contributed by atoms with Gasteiger partial charge in [0.1, 0.15) is 0 Å². The molecule has 4 nitrogen and oxygen atoms in total. The highest BCUT2D eigenvalue weighted by atomic mass is 15.1. The smallest absolute Gasteiger partial charge is 0.0453 e. The van der Waals surface area contributed by atoms with Crippen LogP contribution in [0.3, 0.4) is 0 Å². The second-order valence-corrected chi connectivity index (χ2v) is 9.03. The molecule has 2 aromatic carbocycles. The lowest BCUT2D eigenvalue weighted by molar-refractivity contribution is 0.595. The quantitative estimate of drug-likeness (QED) is 0.136. The molecule has 4 rings (SSSR count). The maximum atomic E-state index is 4.56. The maximum Gasteiger partial charge on any atom is 0.0453 e. The average Bonchev–Trinajstić information content (AvgIpc) is 3.28. The van der Waals surface area contributed by atoms with Gasteiger partial charge in [0.15, 0.2) is 0 Å². The van der Waals surface area contributed by atoms with Gasteiger partial charge >= 0.3 is 0 Å². The van der Waals surface area contributed by atoms with Gasteiger partial charge in [-0.3, -0.25) is 4.99 Å². The summed E-state index contributed by atoms with van der Waals surface area (Å²) in [6.07, 6.45) is 11.5. The van der Waals surface area contributed by atoms with Crippen LogP contribution in [0.4, 0.5) is 0 Å². The molecule has 2 aromatic rings. The van der Waals surface area contributed by atoms with E-state index in [1.165, 1.54) is 86.4 Å². The van der Waals surface area contributed by atoms with Crippen molar-refractivity contribution in [1.82, 2.24) is 0 Å². The lowest BCUT2D eigenvalue weighted by Gasteiger charge is -2.17. The minimum absolute atomic E-state index is 0.557. The van der Waals surface area contributed by atoms with Crippen molar-refractivity contribution in [2.45, 2.75) is 99.3 Å². The van der Waals surface area contributed by atoms with E-state index in [4.69, 9.17) is 0 Å². The number of nitrogens with two attached hydrogens (primary N) is 2. The Morgan fingerprint density at radius 3 is 2.00 bits per heavy atom. The first-order valence-corrected chi connectivity index (χ1v) is 14.5. The second kappa shape index (κ2) is 24.6. The minimum Gasteiger partial charge on any atom is -0.333 e. The molecule has 0 saturated heterocycles. The first kappa shape index (κ1) is 37.4. The summed E-state index contributed by atoms with van der Waals surface area (Å²) in [4.78, 5) is 4.56. The molecular formula is C34H58N4. The molecule has 0 aliphatic heterocycles. The summed E-state index contributed by atoms with van der Waals surface area (Å²) in [5.74, 6) is 4.92. The molecule has 0 amide bonds. The molecule has 0 bridgehead atoms. The molecule has 1 unspecified atom stereocenters. The molecule has 0 heterocycles. The van der Waals surface area contributed by atoms with E-state index in [-0.39, 0.29) is 0 Å². The van der Waals surface area contributed by atoms with Crippen LogP contribution in [-0.2, 0) is 19.3 Å². The van der Waals surface area contributed by atoms with Crippen LogP contribution in [0.2, 0.25) is 0 Å². The van der Waals surface area contributed by atoms with Crippen LogP contribution >= 0.6 is 0 Å². The fourth-order valence-electron chi connectivity index (χ4n) is 4.85. The standard InChI is InChI=1S/C16H21N.C12H16.2C2H6.CH4N2.CH5N/c1-12(2)11-14-9-6-8-13-7-4-5-10-15(13)16(14)17-3;1-10-7-8-11-5-3-2-4-6-12(11)9-10;2*1-2;1-3-2;1-2/h4-5,7,10,14H,1,6,8-9,11H2,2-3H3;7-9H,2-6H2,1H3;2*1-2H3;1-2H2;2H2,1H3. The minimum atomic E-state index is 0.557. The fraction of sp³-hybridized carbons (Fsp3) is 0.529. The molecule has 0 spiro atoms. The van der Waals surface area contributed by atoms with E-state index in [2.05, 4.69) is 91.3 Å². The van der Waals surface area contributed by atoms with Gasteiger partial charge in [0.2, 0.25) is 0 Å². The van der Waals surface area contributed by atoms with Crippen molar-refractivity contribution in [3.63, 3.8) is 0 Å². The van der Waals surface area contributed by atoms with Gasteiger partial charge < -0.3 is 11.6 Å². The number of fused-ring (bicyclic) bond motifs is 2. The van der Waals surface area contributed by atoms with E-state index < -0.39 is 0 Å². The molecule has 0 saturated carbocycles. The maximum absolute atomic E-state index is 4.56. The third-order valence-electron chi connectivity index (χ3n) is 6.27. The zero-order valence-electron chi connectivity index (χ0n) is 25.9. The predicted octanol–water partition coefficient (Wildman–Crippen LogP) is 8.48. The van der Waals surface area contributed by atoms with Crippen LogP contribution in [0.1, 0.15) is 101 Å². The Bertz CT molecular complexity index is 914. The number of nitrogens with zero attached hydrogens (tertiary/aromatic N) is 2. The summed E-state index contributed by atoms with van der Waals surface area (Å²) in [6.45, 7) is 19.2. The number of hydrogen-bond acceptors (Lipinski definition) is 4. The van der Waals surface area contributed by atoms with E-state index >= 15 is 0 Å². The molecule has 0 fully saturated rings. The lowest BCUT2D eigenvalue weighted by Crippen LogP contribution is -2.15. The van der Waals surface area contributed by atoms with Crippen molar-refractivity contribution >= 4 is 12.4 Å². The largest absolute Gasteiger partial charge is 0.333 e. The number of hydrogen-bond donors (Lipinski definition) is 2. The van der Waals surface area contributed by atoms with Crippen molar-refractivity contribution in [2.75, 3.05) is 14.1 Å². The van der Waals surface area contributed by atoms with Gasteiger partial charge in [-0.15, -0.1) is 6.58 Å². The summed E-state index contributed by atoms with van der Waals surface area (Å²) < 4.78 is 0. The molecule has 4 heteroatoms. The zero-order chi connectivity index (χ0) is 29.3. The van der Waals surface area contributed by atoms with Crippen molar-refractivity contribution in [1.29, 1.82) is 0 Å². The summed E-state index contributed by atoms with van der Waals surface area (Å²) in [6, 6.07) is 15.6. The van der Waals surface area contributed by atoms with E-state index in [1.54, 1.807) is 11.1 Å². The number of rotatable bonds is 2. The molecule has 2 aliphatic rings. The summed E-state index contributed by atoms with van der Waals surface area (Å²) in [7, 11) is 3.42. The number of benzene rings is 2. The van der Waals surface area contributed by atoms with Gasteiger partial charge in [-0.2, -0.15) is 5.10 Å². The Morgan fingerprint density at radius 1 is 0.868 bits per heavy atom. The van der Waals surface area contributed by atoms with Crippen molar-refractivity contribution in [3.05, 3.63) is 82.4 Å². The van der Waals surface area contributed by atoms with Crippen LogP contribution < -0.4 is 11.6 Å². The van der Waals surface area contributed by atoms with E-state index in [1.807, 2.05) is 34.7 Å². The molecule has 1 atom stereocenters. The summed E-state index contributed by atoms with van der Waals surface area (Å²) in [5.41, 5.74) is 14.5. The SMILES string of the molecule is C=C(C)CC1CCCc2ccccc2C1=NC.C=NN.CC.CC.CN.Cc1ccc2c(c1)CCCCC2. The first-order chi connectivity index (χ1) is 18.5. The van der Waals surface area contributed by atoms with E-state index in [0.717, 1.165) is 6.42 Å². The Morgan fingerprint density at radius 2 is 1.42 bits per heavy atom. The van der Waals surface area contributed by atoms with Crippen molar-refractivity contribution in [2.24, 2.45) is 27.6 Å². The molecular weight excluding hydrogens is 464 g/mol. The molecule has 214 valence electrons. The van der Waals surface area contributed by atoms with Crippen molar-refractivity contribution in [3.8, 4) is 0 Å². The average molecular weight is 523 g/mol. The number of hydrazone groups is 1. The van der Waals surface area contributed by atoms with Gasteiger partial charge in [-0.25, -0.2) is 0 Å². The van der Waals surface area contributed by atoms with Gasteiger partial charge in [-0.1, -0.05) is 87.7 Å². The highest BCUT2D eigenvalue weighted by Crippen LogP contribution is 2.29. The molecule has 0 radical (unpaired) electrons. The third-order valence-corrected chi connectivity index (χ3v) is 6.27. The Kier molecular flexibility index (Phi) is 24.2. The zero-order valence-corrected chi connectivity index (χ0v) is 25.9. The highest BCUT2D eigenvalue weighted by molar-refractivity contribution is 6.03. The Balaban J connectivity index is 0. The van der Waals surface area contributed by atoms with Crippen LogP contribution in [0.25, 0.3) is 0 Å². The number of allylic oxidation sites excluding steroid dienone is 1. The topological polar surface area (TPSA) is 76.8 Å². The number of aliphatic imine (C=N–C) groups is 1.